The molecule has 1 saturated carbocycles. The van der Waals surface area contributed by atoms with Gasteiger partial charge in [-0.2, -0.15) is 0 Å². The van der Waals surface area contributed by atoms with Crippen molar-refractivity contribution in [1.82, 2.24) is 4.90 Å². The third-order valence-corrected chi connectivity index (χ3v) is 7.67. The van der Waals surface area contributed by atoms with E-state index in [2.05, 4.69) is 0 Å². The molecule has 2 aliphatic rings. The van der Waals surface area contributed by atoms with E-state index in [1.54, 1.807) is 0 Å². The Morgan fingerprint density at radius 3 is 2.32 bits per heavy atom. The van der Waals surface area contributed by atoms with Gasteiger partial charge in [-0.25, -0.2) is 4.79 Å². The smallest absolute Gasteiger partial charge is 0.326 e. The number of hydrogen-bond acceptors (Lipinski definition) is 4. The molecule has 198 valence electrons. The Kier molecular flexibility index (Phi) is 8.08. The molecule has 3 aromatic rings. The standard InChI is InChI=1S/C32H35NO5/c1-22-17-18-25-20-33(28(32(35)36)19-27(25)29(22)37-21-23-11-5-2-6-12-23)31(34)30(24-13-7-3-8-14-24)38-26-15-9-4-10-16-26/h2-3,5-8,11-14,17-18,26,28,30H,4,9-10,15-16,19-21H2,1H3,(H,35,36)/t28-,30-/m0/s1. The van der Waals surface area contributed by atoms with Gasteiger partial charge in [0, 0.05) is 18.5 Å². The van der Waals surface area contributed by atoms with Gasteiger partial charge in [-0.3, -0.25) is 4.79 Å². The van der Waals surface area contributed by atoms with E-state index in [4.69, 9.17) is 9.47 Å². The van der Waals surface area contributed by atoms with Crippen molar-refractivity contribution in [3.63, 3.8) is 0 Å². The largest absolute Gasteiger partial charge is 0.488 e. The Morgan fingerprint density at radius 1 is 0.947 bits per heavy atom. The average Bonchev–Trinajstić information content (AvgIpc) is 2.96. The van der Waals surface area contributed by atoms with Crippen LogP contribution >= 0.6 is 0 Å². The second-order valence-electron chi connectivity index (χ2n) is 10.3. The van der Waals surface area contributed by atoms with Gasteiger partial charge in [0.1, 0.15) is 18.4 Å². The lowest BCUT2D eigenvalue weighted by atomic mass is 9.90. The van der Waals surface area contributed by atoms with Gasteiger partial charge in [-0.05, 0) is 42.0 Å². The number of hydrogen-bond donors (Lipinski definition) is 1. The molecular weight excluding hydrogens is 478 g/mol. The molecule has 1 aliphatic carbocycles. The number of aryl methyl sites for hydroxylation is 1. The third kappa shape index (κ3) is 5.76. The van der Waals surface area contributed by atoms with Gasteiger partial charge in [0.25, 0.3) is 5.91 Å². The number of carboxylic acid groups (broad SMARTS) is 1. The van der Waals surface area contributed by atoms with Crippen LogP contribution in [0.5, 0.6) is 5.75 Å². The molecule has 3 aromatic carbocycles. The molecule has 5 rings (SSSR count). The minimum atomic E-state index is -1.02. The Balaban J connectivity index is 1.44. The Bertz CT molecular complexity index is 1250. The number of rotatable bonds is 8. The van der Waals surface area contributed by atoms with E-state index in [0.29, 0.717) is 12.4 Å². The molecule has 2 atom stereocenters. The van der Waals surface area contributed by atoms with Crippen molar-refractivity contribution in [1.29, 1.82) is 0 Å². The van der Waals surface area contributed by atoms with Crippen LogP contribution in [-0.4, -0.2) is 34.0 Å². The van der Waals surface area contributed by atoms with E-state index < -0.39 is 18.1 Å². The number of nitrogens with zero attached hydrogens (tertiary/aromatic N) is 1. The lowest BCUT2D eigenvalue weighted by Gasteiger charge is -2.38. The summed E-state index contributed by atoms with van der Waals surface area (Å²) in [6, 6.07) is 22.3. The van der Waals surface area contributed by atoms with Gasteiger partial charge in [0.2, 0.25) is 0 Å². The van der Waals surface area contributed by atoms with Crippen LogP contribution in [0.3, 0.4) is 0 Å². The fraction of sp³-hybridized carbons (Fsp3) is 0.375. The molecule has 1 aliphatic heterocycles. The fourth-order valence-electron chi connectivity index (χ4n) is 5.59. The van der Waals surface area contributed by atoms with Crippen LogP contribution in [-0.2, 0) is 33.9 Å². The first-order valence-electron chi connectivity index (χ1n) is 13.5. The first-order valence-corrected chi connectivity index (χ1v) is 13.5. The molecule has 6 heteroatoms. The quantitative estimate of drug-likeness (QED) is 0.400. The molecule has 1 amide bonds. The normalized spacial score (nSPS) is 18.4. The summed E-state index contributed by atoms with van der Waals surface area (Å²) in [4.78, 5) is 28.1. The third-order valence-electron chi connectivity index (χ3n) is 7.67. The zero-order valence-corrected chi connectivity index (χ0v) is 21.8. The lowest BCUT2D eigenvalue weighted by Crippen LogP contribution is -2.51. The van der Waals surface area contributed by atoms with Crippen LogP contribution < -0.4 is 4.74 Å². The lowest BCUT2D eigenvalue weighted by molar-refractivity contribution is -0.161. The predicted molar refractivity (Wildman–Crippen MR) is 145 cm³/mol. The van der Waals surface area contributed by atoms with E-state index in [1.165, 1.54) is 11.3 Å². The maximum Gasteiger partial charge on any atom is 0.326 e. The number of ether oxygens (including phenoxy) is 2. The molecule has 1 N–H and O–H groups in total. The predicted octanol–water partition coefficient (Wildman–Crippen LogP) is 6.00. The number of fused-ring (bicyclic) bond motifs is 1. The molecule has 0 radical (unpaired) electrons. The summed E-state index contributed by atoms with van der Waals surface area (Å²) < 4.78 is 12.7. The first kappa shape index (κ1) is 26.0. The number of aliphatic carboxylic acids is 1. The van der Waals surface area contributed by atoms with Crippen LogP contribution in [0.25, 0.3) is 0 Å². The average molecular weight is 514 g/mol. The molecule has 0 unspecified atom stereocenters. The zero-order chi connectivity index (χ0) is 26.5. The highest BCUT2D eigenvalue weighted by Crippen LogP contribution is 2.37. The van der Waals surface area contributed by atoms with Crippen LogP contribution in [0, 0.1) is 6.92 Å². The monoisotopic (exact) mass is 513 g/mol. The molecule has 1 fully saturated rings. The van der Waals surface area contributed by atoms with Crippen molar-refractivity contribution in [3.8, 4) is 5.75 Å². The fourth-order valence-corrected chi connectivity index (χ4v) is 5.59. The molecule has 0 saturated heterocycles. The first-order chi connectivity index (χ1) is 18.5. The molecule has 0 bridgehead atoms. The van der Waals surface area contributed by atoms with E-state index in [0.717, 1.165) is 53.5 Å². The van der Waals surface area contributed by atoms with Crippen molar-refractivity contribution in [2.24, 2.45) is 0 Å². The van der Waals surface area contributed by atoms with Gasteiger partial charge >= 0.3 is 5.97 Å². The highest BCUT2D eigenvalue weighted by molar-refractivity contribution is 5.88. The summed E-state index contributed by atoms with van der Waals surface area (Å²) in [6.45, 7) is 2.56. The summed E-state index contributed by atoms with van der Waals surface area (Å²) in [5, 5.41) is 10.2. The molecule has 0 aromatic heterocycles. The van der Waals surface area contributed by atoms with Gasteiger partial charge in [-0.1, -0.05) is 92.1 Å². The Labute approximate surface area is 224 Å². The minimum Gasteiger partial charge on any atom is -0.488 e. The number of carbonyl (C=O) groups excluding carboxylic acids is 1. The van der Waals surface area contributed by atoms with Crippen molar-refractivity contribution < 1.29 is 24.2 Å². The van der Waals surface area contributed by atoms with Crippen molar-refractivity contribution in [2.45, 2.75) is 76.9 Å². The van der Waals surface area contributed by atoms with Gasteiger partial charge in [0.05, 0.1) is 6.10 Å². The molecule has 6 nitrogen and oxygen atoms in total. The van der Waals surface area contributed by atoms with E-state index in [9.17, 15) is 14.7 Å². The number of carbonyl (C=O) groups is 2. The highest BCUT2D eigenvalue weighted by Gasteiger charge is 2.40. The Hall–Kier alpha value is -3.64. The SMILES string of the molecule is Cc1ccc2c(c1OCc1ccccc1)C[C@@H](C(=O)O)N(C(=O)[C@@H](OC1CCCCC1)c1ccccc1)C2. The van der Waals surface area contributed by atoms with Crippen molar-refractivity contribution in [3.05, 3.63) is 101 Å². The van der Waals surface area contributed by atoms with Crippen molar-refractivity contribution in [2.75, 3.05) is 0 Å². The summed E-state index contributed by atoms with van der Waals surface area (Å²) in [5.74, 6) is -0.612. The van der Waals surface area contributed by atoms with E-state index in [-0.39, 0.29) is 25.0 Å². The minimum absolute atomic E-state index is 0.00102. The molecule has 1 heterocycles. The second-order valence-corrected chi connectivity index (χ2v) is 10.3. The zero-order valence-electron chi connectivity index (χ0n) is 21.8. The topological polar surface area (TPSA) is 76.1 Å². The maximum absolute atomic E-state index is 14.1. The van der Waals surface area contributed by atoms with Crippen LogP contribution in [0.15, 0.2) is 72.8 Å². The number of carboxylic acids is 1. The van der Waals surface area contributed by atoms with Crippen LogP contribution in [0.2, 0.25) is 0 Å². The Morgan fingerprint density at radius 2 is 1.63 bits per heavy atom. The number of benzene rings is 3. The number of amides is 1. The molecule has 38 heavy (non-hydrogen) atoms. The van der Waals surface area contributed by atoms with Gasteiger partial charge in [0.15, 0.2) is 6.10 Å². The van der Waals surface area contributed by atoms with E-state index >= 15 is 0 Å². The summed E-state index contributed by atoms with van der Waals surface area (Å²) in [6.07, 6.45) is 4.54. The summed E-state index contributed by atoms with van der Waals surface area (Å²) >= 11 is 0. The second kappa shape index (κ2) is 11.8. The molecular formula is C32H35NO5. The molecule has 0 spiro atoms. The van der Waals surface area contributed by atoms with Gasteiger partial charge in [-0.15, -0.1) is 0 Å². The highest BCUT2D eigenvalue weighted by atomic mass is 16.5. The van der Waals surface area contributed by atoms with E-state index in [1.807, 2.05) is 79.7 Å². The van der Waals surface area contributed by atoms with Crippen LogP contribution in [0.1, 0.15) is 66.0 Å². The summed E-state index contributed by atoms with van der Waals surface area (Å²) in [7, 11) is 0. The van der Waals surface area contributed by atoms with Crippen LogP contribution in [0.4, 0.5) is 0 Å². The summed E-state index contributed by atoms with van der Waals surface area (Å²) in [5.41, 5.74) is 4.52. The van der Waals surface area contributed by atoms with Crippen molar-refractivity contribution >= 4 is 11.9 Å². The van der Waals surface area contributed by atoms with Gasteiger partial charge < -0.3 is 19.5 Å². The maximum atomic E-state index is 14.1.